The van der Waals surface area contributed by atoms with Crippen molar-refractivity contribution in [2.75, 3.05) is 26.7 Å². The third kappa shape index (κ3) is 4.15. The number of ether oxygens (including phenoxy) is 1. The van der Waals surface area contributed by atoms with Crippen molar-refractivity contribution in [3.8, 4) is 5.75 Å². The molecule has 0 spiro atoms. The topological polar surface area (TPSA) is 61.8 Å². The number of para-hydroxylation sites is 1. The zero-order valence-electron chi connectivity index (χ0n) is 15.2. The SMILES string of the molecule is COc1ccccc1C(CNC(=O)C1(O)CCCC1)N1CCCCC1. The van der Waals surface area contributed by atoms with E-state index in [0.717, 1.165) is 37.2 Å². The molecule has 2 aliphatic rings. The number of hydrogen-bond donors (Lipinski definition) is 2. The molecule has 25 heavy (non-hydrogen) atoms. The van der Waals surface area contributed by atoms with Gasteiger partial charge in [-0.3, -0.25) is 9.69 Å². The number of nitrogens with one attached hydrogen (secondary N) is 1. The molecule has 0 radical (unpaired) electrons. The largest absolute Gasteiger partial charge is 0.496 e. The molecular formula is C20H30N2O3. The standard InChI is InChI=1S/C20H30N2O3/c1-25-18-10-4-3-9-16(18)17(22-13-7-2-8-14-22)15-21-19(23)20(24)11-5-6-12-20/h3-4,9-10,17,24H,2,5-8,11-15H2,1H3,(H,21,23). The Morgan fingerprint density at radius 1 is 1.20 bits per heavy atom. The van der Waals surface area contributed by atoms with Crippen LogP contribution in [0.2, 0.25) is 0 Å². The molecule has 138 valence electrons. The van der Waals surface area contributed by atoms with Gasteiger partial charge in [-0.05, 0) is 57.7 Å². The summed E-state index contributed by atoms with van der Waals surface area (Å²) in [5, 5.41) is 13.5. The van der Waals surface area contributed by atoms with Crippen LogP contribution in [-0.4, -0.2) is 48.3 Å². The number of methoxy groups -OCH3 is 1. The van der Waals surface area contributed by atoms with Crippen molar-refractivity contribution in [3.63, 3.8) is 0 Å². The molecule has 1 aromatic rings. The zero-order valence-corrected chi connectivity index (χ0v) is 15.2. The van der Waals surface area contributed by atoms with E-state index in [4.69, 9.17) is 4.74 Å². The maximum absolute atomic E-state index is 12.5. The Morgan fingerprint density at radius 2 is 1.88 bits per heavy atom. The van der Waals surface area contributed by atoms with E-state index < -0.39 is 5.60 Å². The molecule has 1 saturated carbocycles. The Kier molecular flexibility index (Phi) is 5.97. The molecule has 0 aromatic heterocycles. The van der Waals surface area contributed by atoms with Gasteiger partial charge in [-0.2, -0.15) is 0 Å². The molecule has 1 unspecified atom stereocenters. The number of carbonyl (C=O) groups is 1. The van der Waals surface area contributed by atoms with Crippen LogP contribution in [0.1, 0.15) is 56.6 Å². The van der Waals surface area contributed by atoms with Crippen molar-refractivity contribution >= 4 is 5.91 Å². The lowest BCUT2D eigenvalue weighted by Gasteiger charge is -2.36. The van der Waals surface area contributed by atoms with Crippen LogP contribution in [0.5, 0.6) is 5.75 Å². The number of aliphatic hydroxyl groups is 1. The number of benzene rings is 1. The van der Waals surface area contributed by atoms with E-state index in [2.05, 4.69) is 16.3 Å². The third-order valence-corrected chi connectivity index (χ3v) is 5.64. The summed E-state index contributed by atoms with van der Waals surface area (Å²) in [5.74, 6) is 0.633. The molecule has 1 saturated heterocycles. The molecule has 5 nitrogen and oxygen atoms in total. The lowest BCUT2D eigenvalue weighted by molar-refractivity contribution is -0.139. The van der Waals surface area contributed by atoms with Crippen molar-refractivity contribution in [1.82, 2.24) is 10.2 Å². The van der Waals surface area contributed by atoms with Gasteiger partial charge < -0.3 is 15.2 Å². The van der Waals surface area contributed by atoms with Crippen LogP contribution < -0.4 is 10.1 Å². The van der Waals surface area contributed by atoms with Crippen LogP contribution in [0, 0.1) is 0 Å². The fourth-order valence-electron chi connectivity index (χ4n) is 4.15. The smallest absolute Gasteiger partial charge is 0.252 e. The first-order valence-electron chi connectivity index (χ1n) is 9.52. The first kappa shape index (κ1) is 18.2. The molecule has 3 rings (SSSR count). The second-order valence-electron chi connectivity index (χ2n) is 7.30. The molecule has 1 heterocycles. The van der Waals surface area contributed by atoms with Crippen molar-refractivity contribution < 1.29 is 14.6 Å². The Bertz CT molecular complexity index is 578. The van der Waals surface area contributed by atoms with Gasteiger partial charge in [-0.15, -0.1) is 0 Å². The zero-order chi connectivity index (χ0) is 17.7. The summed E-state index contributed by atoms with van der Waals surface area (Å²) in [6.45, 7) is 2.56. The number of hydrogen-bond acceptors (Lipinski definition) is 4. The minimum absolute atomic E-state index is 0.0744. The Morgan fingerprint density at radius 3 is 2.56 bits per heavy atom. The summed E-state index contributed by atoms with van der Waals surface area (Å²) in [4.78, 5) is 15.0. The van der Waals surface area contributed by atoms with Gasteiger partial charge in [0.05, 0.1) is 13.2 Å². The predicted octanol–water partition coefficient (Wildman–Crippen LogP) is 2.64. The van der Waals surface area contributed by atoms with Gasteiger partial charge in [-0.25, -0.2) is 0 Å². The Hall–Kier alpha value is -1.59. The highest BCUT2D eigenvalue weighted by Gasteiger charge is 2.39. The number of rotatable bonds is 6. The second kappa shape index (κ2) is 8.19. The van der Waals surface area contributed by atoms with E-state index >= 15 is 0 Å². The quantitative estimate of drug-likeness (QED) is 0.831. The highest BCUT2D eigenvalue weighted by Crippen LogP contribution is 2.32. The number of carbonyl (C=O) groups excluding carboxylic acids is 1. The van der Waals surface area contributed by atoms with Crippen LogP contribution in [0.25, 0.3) is 0 Å². The van der Waals surface area contributed by atoms with Crippen molar-refractivity contribution in [1.29, 1.82) is 0 Å². The van der Waals surface area contributed by atoms with Crippen LogP contribution >= 0.6 is 0 Å². The normalized spacial score (nSPS) is 21.7. The van der Waals surface area contributed by atoms with Crippen molar-refractivity contribution in [2.24, 2.45) is 0 Å². The number of piperidine rings is 1. The molecule has 2 N–H and O–H groups in total. The van der Waals surface area contributed by atoms with Crippen LogP contribution in [0.3, 0.4) is 0 Å². The molecule has 5 heteroatoms. The molecule has 1 aliphatic heterocycles. The maximum Gasteiger partial charge on any atom is 0.252 e. The number of nitrogens with zero attached hydrogens (tertiary/aromatic N) is 1. The highest BCUT2D eigenvalue weighted by atomic mass is 16.5. The van der Waals surface area contributed by atoms with Crippen LogP contribution in [-0.2, 0) is 4.79 Å². The molecule has 2 fully saturated rings. The van der Waals surface area contributed by atoms with Gasteiger partial charge in [0.15, 0.2) is 0 Å². The van der Waals surface area contributed by atoms with Gasteiger partial charge in [0.25, 0.3) is 5.91 Å². The van der Waals surface area contributed by atoms with E-state index in [1.165, 1.54) is 19.3 Å². The number of amides is 1. The average Bonchev–Trinajstić information content (AvgIpc) is 3.11. The Balaban J connectivity index is 1.75. The van der Waals surface area contributed by atoms with E-state index in [-0.39, 0.29) is 11.9 Å². The van der Waals surface area contributed by atoms with Gasteiger partial charge >= 0.3 is 0 Å². The van der Waals surface area contributed by atoms with Crippen molar-refractivity contribution in [2.45, 2.75) is 56.6 Å². The van der Waals surface area contributed by atoms with E-state index in [0.29, 0.717) is 19.4 Å². The summed E-state index contributed by atoms with van der Waals surface area (Å²) in [6, 6.07) is 8.11. The summed E-state index contributed by atoms with van der Waals surface area (Å²) < 4.78 is 5.55. The van der Waals surface area contributed by atoms with E-state index in [1.54, 1.807) is 7.11 Å². The summed E-state index contributed by atoms with van der Waals surface area (Å²) in [6.07, 6.45) is 6.62. The highest BCUT2D eigenvalue weighted by molar-refractivity contribution is 5.85. The fourth-order valence-corrected chi connectivity index (χ4v) is 4.15. The van der Waals surface area contributed by atoms with Gasteiger partial charge in [0, 0.05) is 12.1 Å². The summed E-state index contributed by atoms with van der Waals surface area (Å²) in [7, 11) is 1.69. The first-order chi connectivity index (χ1) is 12.1. The molecule has 0 bridgehead atoms. The molecule has 1 amide bonds. The lowest BCUT2D eigenvalue weighted by atomic mass is 9.98. The monoisotopic (exact) mass is 346 g/mol. The predicted molar refractivity (Wildman–Crippen MR) is 97.6 cm³/mol. The van der Waals surface area contributed by atoms with Crippen LogP contribution in [0.15, 0.2) is 24.3 Å². The number of likely N-dealkylation sites (tertiary alicyclic amines) is 1. The third-order valence-electron chi connectivity index (χ3n) is 5.64. The lowest BCUT2D eigenvalue weighted by Crippen LogP contribution is -2.48. The van der Waals surface area contributed by atoms with Gasteiger partial charge in [0.2, 0.25) is 0 Å². The maximum atomic E-state index is 12.5. The molecule has 1 aromatic carbocycles. The van der Waals surface area contributed by atoms with Crippen molar-refractivity contribution in [3.05, 3.63) is 29.8 Å². The fraction of sp³-hybridized carbons (Fsp3) is 0.650. The summed E-state index contributed by atoms with van der Waals surface area (Å²) in [5.41, 5.74) is -0.0710. The minimum atomic E-state index is -1.17. The molecular weight excluding hydrogens is 316 g/mol. The summed E-state index contributed by atoms with van der Waals surface area (Å²) >= 11 is 0. The van der Waals surface area contributed by atoms with E-state index in [1.807, 2.05) is 18.2 Å². The van der Waals surface area contributed by atoms with Gasteiger partial charge in [0.1, 0.15) is 11.4 Å². The minimum Gasteiger partial charge on any atom is -0.496 e. The van der Waals surface area contributed by atoms with Crippen LogP contribution in [0.4, 0.5) is 0 Å². The molecule has 1 aliphatic carbocycles. The Labute approximate surface area is 150 Å². The van der Waals surface area contributed by atoms with Gasteiger partial charge in [-0.1, -0.05) is 24.6 Å². The second-order valence-corrected chi connectivity index (χ2v) is 7.30. The average molecular weight is 346 g/mol. The first-order valence-corrected chi connectivity index (χ1v) is 9.52. The molecule has 1 atom stereocenters. The van der Waals surface area contributed by atoms with E-state index in [9.17, 15) is 9.90 Å².